The second kappa shape index (κ2) is 7.61. The van der Waals surface area contributed by atoms with Crippen molar-refractivity contribution in [3.63, 3.8) is 0 Å². The second-order valence-electron chi connectivity index (χ2n) is 7.74. The van der Waals surface area contributed by atoms with Crippen molar-refractivity contribution < 1.29 is 18.7 Å². The minimum atomic E-state index is -2.82. The molecule has 6 heteroatoms. The Labute approximate surface area is 153 Å². The minimum absolute atomic E-state index is 0.147. The number of rotatable bonds is 5. The van der Waals surface area contributed by atoms with E-state index in [0.29, 0.717) is 31.1 Å². The Morgan fingerprint density at radius 1 is 1.23 bits per heavy atom. The molecule has 0 radical (unpaired) electrons. The highest BCUT2D eigenvalue weighted by molar-refractivity contribution is 5.87. The van der Waals surface area contributed by atoms with Gasteiger partial charge in [-0.15, -0.1) is 0 Å². The summed E-state index contributed by atoms with van der Waals surface area (Å²) in [4.78, 5) is 14.9. The third kappa shape index (κ3) is 3.76. The molecule has 1 saturated heterocycles. The standard InChI is InChI=1S/C20H28F2N2O2/c21-19(22)10-6-17(14-19)20(26,16-4-2-1-3-5-16)18(25)24-12-8-15(7-11-23)9-13-24/h1-5,15,17,26H,6-14,23H2/t17-,20?/m1/s1. The van der Waals surface area contributed by atoms with Crippen molar-refractivity contribution >= 4 is 5.91 Å². The topological polar surface area (TPSA) is 66.6 Å². The third-order valence-electron chi connectivity index (χ3n) is 6.01. The summed E-state index contributed by atoms with van der Waals surface area (Å²) in [6.45, 7) is 1.72. The summed E-state index contributed by atoms with van der Waals surface area (Å²) in [5.74, 6) is -3.53. The van der Waals surface area contributed by atoms with Crippen LogP contribution >= 0.6 is 0 Å². The van der Waals surface area contributed by atoms with Crippen LogP contribution < -0.4 is 5.73 Å². The summed E-state index contributed by atoms with van der Waals surface area (Å²) >= 11 is 0. The third-order valence-corrected chi connectivity index (χ3v) is 6.01. The van der Waals surface area contributed by atoms with E-state index >= 15 is 0 Å². The van der Waals surface area contributed by atoms with E-state index in [2.05, 4.69) is 0 Å². The fraction of sp³-hybridized carbons (Fsp3) is 0.650. The maximum atomic E-state index is 13.8. The maximum Gasteiger partial charge on any atom is 0.259 e. The first-order chi connectivity index (χ1) is 12.4. The Hall–Kier alpha value is -1.53. The van der Waals surface area contributed by atoms with Gasteiger partial charge in [-0.05, 0) is 43.7 Å². The number of likely N-dealkylation sites (tertiary alicyclic amines) is 1. The van der Waals surface area contributed by atoms with Gasteiger partial charge in [0.1, 0.15) is 0 Å². The van der Waals surface area contributed by atoms with Crippen LogP contribution in [0.2, 0.25) is 0 Å². The lowest BCUT2D eigenvalue weighted by Crippen LogP contribution is -2.53. The molecule has 144 valence electrons. The lowest BCUT2D eigenvalue weighted by atomic mass is 9.78. The van der Waals surface area contributed by atoms with Crippen LogP contribution in [-0.4, -0.2) is 41.5 Å². The number of carbonyl (C=O) groups excluding carboxylic acids is 1. The summed E-state index contributed by atoms with van der Waals surface area (Å²) in [7, 11) is 0. The molecule has 3 N–H and O–H groups in total. The lowest BCUT2D eigenvalue weighted by Gasteiger charge is -2.40. The zero-order valence-corrected chi connectivity index (χ0v) is 15.0. The summed E-state index contributed by atoms with van der Waals surface area (Å²) in [6.07, 6.45) is 2.03. The van der Waals surface area contributed by atoms with Crippen LogP contribution in [0.25, 0.3) is 0 Å². The maximum absolute atomic E-state index is 13.8. The summed E-state index contributed by atoms with van der Waals surface area (Å²) in [5, 5.41) is 11.5. The number of piperidine rings is 1. The molecule has 26 heavy (non-hydrogen) atoms. The number of hydrogen-bond donors (Lipinski definition) is 2. The smallest absolute Gasteiger partial charge is 0.259 e. The van der Waals surface area contributed by atoms with Gasteiger partial charge < -0.3 is 15.7 Å². The molecule has 1 amide bonds. The minimum Gasteiger partial charge on any atom is -0.375 e. The van der Waals surface area contributed by atoms with E-state index in [1.165, 1.54) is 0 Å². The van der Waals surface area contributed by atoms with Crippen molar-refractivity contribution in [3.8, 4) is 0 Å². The average Bonchev–Trinajstić information content (AvgIpc) is 3.02. The Bertz CT molecular complexity index is 617. The van der Waals surface area contributed by atoms with E-state index in [4.69, 9.17) is 5.73 Å². The first-order valence-corrected chi connectivity index (χ1v) is 9.52. The largest absolute Gasteiger partial charge is 0.375 e. The van der Waals surface area contributed by atoms with Crippen molar-refractivity contribution in [1.29, 1.82) is 0 Å². The van der Waals surface area contributed by atoms with Gasteiger partial charge in [-0.3, -0.25) is 4.79 Å². The molecule has 2 fully saturated rings. The van der Waals surface area contributed by atoms with Crippen molar-refractivity contribution in [3.05, 3.63) is 35.9 Å². The van der Waals surface area contributed by atoms with Crippen LogP contribution in [0.4, 0.5) is 8.78 Å². The van der Waals surface area contributed by atoms with E-state index < -0.39 is 29.8 Å². The molecular formula is C20H28F2N2O2. The van der Waals surface area contributed by atoms with Crippen molar-refractivity contribution in [2.75, 3.05) is 19.6 Å². The fourth-order valence-corrected chi connectivity index (χ4v) is 4.43. The van der Waals surface area contributed by atoms with E-state index in [9.17, 15) is 18.7 Å². The lowest BCUT2D eigenvalue weighted by molar-refractivity contribution is -0.162. The molecule has 0 spiro atoms. The zero-order valence-electron chi connectivity index (χ0n) is 15.0. The van der Waals surface area contributed by atoms with Gasteiger partial charge in [0.2, 0.25) is 5.92 Å². The van der Waals surface area contributed by atoms with E-state index in [0.717, 1.165) is 19.3 Å². The average molecular weight is 366 g/mol. The molecule has 4 nitrogen and oxygen atoms in total. The van der Waals surface area contributed by atoms with Gasteiger partial charge in [0.15, 0.2) is 5.60 Å². The molecule has 3 rings (SSSR count). The number of nitrogens with two attached hydrogens (primary N) is 1. The van der Waals surface area contributed by atoms with E-state index in [1.807, 2.05) is 0 Å². The SMILES string of the molecule is NCCC1CCN(C(=O)C(O)(c2ccccc2)[C@@H]2CCC(F)(F)C2)CC1. The van der Waals surface area contributed by atoms with Crippen LogP contribution in [0.5, 0.6) is 0 Å². The molecule has 1 aliphatic carbocycles. The number of halogens is 2. The fourth-order valence-electron chi connectivity index (χ4n) is 4.43. The normalized spacial score (nSPS) is 25.8. The summed E-state index contributed by atoms with van der Waals surface area (Å²) < 4.78 is 27.7. The second-order valence-corrected chi connectivity index (χ2v) is 7.74. The molecule has 2 atom stereocenters. The number of amides is 1. The highest BCUT2D eigenvalue weighted by Crippen LogP contribution is 2.48. The number of hydrogen-bond acceptors (Lipinski definition) is 3. The number of aliphatic hydroxyl groups is 1. The first-order valence-electron chi connectivity index (χ1n) is 9.52. The molecule has 1 saturated carbocycles. The van der Waals surface area contributed by atoms with Crippen LogP contribution in [-0.2, 0) is 10.4 Å². The molecular weight excluding hydrogens is 338 g/mol. The van der Waals surface area contributed by atoms with Crippen molar-refractivity contribution in [2.45, 2.75) is 50.0 Å². The highest BCUT2D eigenvalue weighted by Gasteiger charge is 2.54. The molecule has 1 unspecified atom stereocenters. The molecule has 1 aromatic carbocycles. The van der Waals surface area contributed by atoms with Gasteiger partial charge in [-0.25, -0.2) is 8.78 Å². The molecule has 0 aromatic heterocycles. The summed E-state index contributed by atoms with van der Waals surface area (Å²) in [6, 6.07) is 8.57. The molecule has 2 aliphatic rings. The Balaban J connectivity index is 1.83. The monoisotopic (exact) mass is 366 g/mol. The Morgan fingerprint density at radius 2 is 1.88 bits per heavy atom. The van der Waals surface area contributed by atoms with Gasteiger partial charge in [0, 0.05) is 31.8 Å². The van der Waals surface area contributed by atoms with Gasteiger partial charge >= 0.3 is 0 Å². The van der Waals surface area contributed by atoms with E-state index in [-0.39, 0.29) is 12.8 Å². The van der Waals surface area contributed by atoms with Crippen LogP contribution in [0.1, 0.15) is 44.1 Å². The molecule has 1 heterocycles. The van der Waals surface area contributed by atoms with Gasteiger partial charge in [0.25, 0.3) is 5.91 Å². The molecule has 1 aliphatic heterocycles. The molecule has 1 aromatic rings. The van der Waals surface area contributed by atoms with Crippen LogP contribution in [0.15, 0.2) is 30.3 Å². The van der Waals surface area contributed by atoms with Crippen molar-refractivity contribution in [1.82, 2.24) is 4.90 Å². The zero-order chi connectivity index (χ0) is 18.8. The number of benzene rings is 1. The van der Waals surface area contributed by atoms with E-state index in [1.54, 1.807) is 35.2 Å². The highest BCUT2D eigenvalue weighted by atomic mass is 19.3. The van der Waals surface area contributed by atoms with Crippen LogP contribution in [0.3, 0.4) is 0 Å². The quantitative estimate of drug-likeness (QED) is 0.842. The summed E-state index contributed by atoms with van der Waals surface area (Å²) in [5.41, 5.74) is 4.14. The predicted molar refractivity (Wildman–Crippen MR) is 95.6 cm³/mol. The van der Waals surface area contributed by atoms with Gasteiger partial charge in [0.05, 0.1) is 0 Å². The number of nitrogens with zero attached hydrogens (tertiary/aromatic N) is 1. The van der Waals surface area contributed by atoms with Gasteiger partial charge in [-0.1, -0.05) is 30.3 Å². The number of alkyl halides is 2. The first kappa shape index (κ1) is 19.2. The van der Waals surface area contributed by atoms with Gasteiger partial charge in [-0.2, -0.15) is 0 Å². The Morgan fingerprint density at radius 3 is 2.42 bits per heavy atom. The number of carbonyl (C=O) groups is 1. The Kier molecular flexibility index (Phi) is 5.63. The molecule has 0 bridgehead atoms. The van der Waals surface area contributed by atoms with Crippen LogP contribution in [0, 0.1) is 11.8 Å². The van der Waals surface area contributed by atoms with Crippen molar-refractivity contribution in [2.24, 2.45) is 17.6 Å². The predicted octanol–water partition coefficient (Wildman–Crippen LogP) is 2.90.